The minimum absolute atomic E-state index is 0.663. The van der Waals surface area contributed by atoms with Crippen LogP contribution < -0.4 is 5.43 Å². The Bertz CT molecular complexity index is 334. The van der Waals surface area contributed by atoms with E-state index in [1.165, 1.54) is 49.9 Å². The Kier molecular flexibility index (Phi) is 4.14. The number of nitrogens with one attached hydrogen (secondary N) is 1. The minimum atomic E-state index is 0.663. The van der Waals surface area contributed by atoms with Gasteiger partial charge in [-0.2, -0.15) is 0 Å². The highest BCUT2D eigenvalue weighted by Gasteiger charge is 2.18. The van der Waals surface area contributed by atoms with Crippen LogP contribution >= 0.6 is 0 Å². The number of aromatic nitrogens is 1. The standard InChI is InChI=1S/C15H26N2/c1-4-14-6-5-7-15(11-10-14)16-17-12(2)8-9-13(17)3/h8-9,14-16H,4-7,10-11H2,1-3H3. The molecule has 1 fully saturated rings. The maximum atomic E-state index is 3.70. The van der Waals surface area contributed by atoms with Gasteiger partial charge in [-0.15, -0.1) is 0 Å². The fraction of sp³-hybridized carbons (Fsp3) is 0.733. The van der Waals surface area contributed by atoms with Crippen molar-refractivity contribution in [3.05, 3.63) is 23.5 Å². The average molecular weight is 234 g/mol. The normalized spacial score (nSPS) is 25.6. The van der Waals surface area contributed by atoms with E-state index in [0.717, 1.165) is 5.92 Å². The van der Waals surface area contributed by atoms with Crippen LogP contribution in [0.3, 0.4) is 0 Å². The first-order chi connectivity index (χ1) is 8.20. The van der Waals surface area contributed by atoms with Crippen LogP contribution in [0.25, 0.3) is 0 Å². The van der Waals surface area contributed by atoms with Crippen molar-refractivity contribution in [2.45, 2.75) is 65.3 Å². The van der Waals surface area contributed by atoms with Crippen LogP contribution in [0.5, 0.6) is 0 Å². The largest absolute Gasteiger partial charge is 0.323 e. The van der Waals surface area contributed by atoms with Gasteiger partial charge in [-0.25, -0.2) is 0 Å². The van der Waals surface area contributed by atoms with Gasteiger partial charge in [0.1, 0.15) is 0 Å². The Hall–Kier alpha value is -0.920. The van der Waals surface area contributed by atoms with Gasteiger partial charge in [0.05, 0.1) is 0 Å². The first kappa shape index (κ1) is 12.5. The highest BCUT2D eigenvalue weighted by atomic mass is 15.4. The summed E-state index contributed by atoms with van der Waals surface area (Å²) in [5, 5.41) is 0. The summed E-state index contributed by atoms with van der Waals surface area (Å²) in [5.41, 5.74) is 6.34. The Morgan fingerprint density at radius 3 is 2.47 bits per heavy atom. The summed E-state index contributed by atoms with van der Waals surface area (Å²) >= 11 is 0. The monoisotopic (exact) mass is 234 g/mol. The van der Waals surface area contributed by atoms with E-state index in [0.29, 0.717) is 6.04 Å². The Balaban J connectivity index is 1.95. The molecule has 1 aliphatic carbocycles. The molecule has 2 unspecified atom stereocenters. The summed E-state index contributed by atoms with van der Waals surface area (Å²) in [7, 11) is 0. The van der Waals surface area contributed by atoms with E-state index in [-0.39, 0.29) is 0 Å². The molecule has 2 atom stereocenters. The van der Waals surface area contributed by atoms with Crippen molar-refractivity contribution in [3.63, 3.8) is 0 Å². The summed E-state index contributed by atoms with van der Waals surface area (Å²) in [6.45, 7) is 6.68. The molecule has 0 amide bonds. The zero-order chi connectivity index (χ0) is 12.3. The fourth-order valence-electron chi connectivity index (χ4n) is 2.97. The summed E-state index contributed by atoms with van der Waals surface area (Å²) < 4.78 is 2.26. The second kappa shape index (κ2) is 5.61. The number of hydrogen-bond donors (Lipinski definition) is 1. The van der Waals surface area contributed by atoms with Gasteiger partial charge >= 0.3 is 0 Å². The highest BCUT2D eigenvalue weighted by Crippen LogP contribution is 2.26. The number of nitrogens with zero attached hydrogens (tertiary/aromatic N) is 1. The van der Waals surface area contributed by atoms with Crippen LogP contribution in [-0.2, 0) is 0 Å². The lowest BCUT2D eigenvalue weighted by Crippen LogP contribution is -2.28. The van der Waals surface area contributed by atoms with Gasteiger partial charge in [0.2, 0.25) is 0 Å². The first-order valence-electron chi connectivity index (χ1n) is 7.12. The molecule has 0 aliphatic heterocycles. The summed E-state index contributed by atoms with van der Waals surface area (Å²) in [6.07, 6.45) is 8.22. The van der Waals surface area contributed by atoms with Crippen molar-refractivity contribution in [1.82, 2.24) is 4.68 Å². The number of hydrogen-bond acceptors (Lipinski definition) is 1. The van der Waals surface area contributed by atoms with Gasteiger partial charge in [-0.05, 0) is 51.2 Å². The van der Waals surface area contributed by atoms with E-state index in [2.05, 4.69) is 43.0 Å². The van der Waals surface area contributed by atoms with Crippen LogP contribution in [0.4, 0.5) is 0 Å². The molecular formula is C15H26N2. The predicted octanol–water partition coefficient (Wildman–Crippen LogP) is 4.01. The molecule has 0 radical (unpaired) electrons. The maximum absolute atomic E-state index is 3.70. The van der Waals surface area contributed by atoms with Crippen LogP contribution in [0, 0.1) is 19.8 Å². The topological polar surface area (TPSA) is 17.0 Å². The van der Waals surface area contributed by atoms with Crippen molar-refractivity contribution in [3.8, 4) is 0 Å². The smallest absolute Gasteiger partial charge is 0.0424 e. The van der Waals surface area contributed by atoms with E-state index in [1.807, 2.05) is 0 Å². The molecule has 0 saturated heterocycles. The lowest BCUT2D eigenvalue weighted by atomic mass is 9.98. The van der Waals surface area contributed by atoms with Crippen molar-refractivity contribution < 1.29 is 0 Å². The molecule has 1 N–H and O–H groups in total. The first-order valence-corrected chi connectivity index (χ1v) is 7.12. The van der Waals surface area contributed by atoms with Crippen LogP contribution in [0.2, 0.25) is 0 Å². The molecular weight excluding hydrogens is 208 g/mol. The van der Waals surface area contributed by atoms with Gasteiger partial charge in [-0.1, -0.05) is 26.2 Å². The Labute approximate surface area is 105 Å². The van der Waals surface area contributed by atoms with Gasteiger partial charge in [-0.3, -0.25) is 4.68 Å². The molecule has 1 aromatic heterocycles. The molecule has 96 valence electrons. The Morgan fingerprint density at radius 2 is 1.82 bits per heavy atom. The van der Waals surface area contributed by atoms with E-state index in [9.17, 15) is 0 Å². The fourth-order valence-corrected chi connectivity index (χ4v) is 2.97. The van der Waals surface area contributed by atoms with Gasteiger partial charge < -0.3 is 5.43 Å². The van der Waals surface area contributed by atoms with Crippen LogP contribution in [-0.4, -0.2) is 10.7 Å². The van der Waals surface area contributed by atoms with Crippen molar-refractivity contribution in [2.24, 2.45) is 5.92 Å². The van der Waals surface area contributed by atoms with E-state index >= 15 is 0 Å². The second-order valence-electron chi connectivity index (χ2n) is 5.56. The van der Waals surface area contributed by atoms with E-state index < -0.39 is 0 Å². The average Bonchev–Trinajstić information content (AvgIpc) is 2.57. The predicted molar refractivity (Wildman–Crippen MR) is 73.9 cm³/mol. The molecule has 0 bridgehead atoms. The van der Waals surface area contributed by atoms with Crippen LogP contribution in [0.15, 0.2) is 12.1 Å². The molecule has 17 heavy (non-hydrogen) atoms. The molecule has 2 heteroatoms. The van der Waals surface area contributed by atoms with Gasteiger partial charge in [0.25, 0.3) is 0 Å². The van der Waals surface area contributed by atoms with Crippen LogP contribution in [0.1, 0.15) is 56.8 Å². The summed E-state index contributed by atoms with van der Waals surface area (Å²) in [4.78, 5) is 0. The molecule has 1 aromatic rings. The maximum Gasteiger partial charge on any atom is 0.0424 e. The van der Waals surface area contributed by atoms with Crippen molar-refractivity contribution in [2.75, 3.05) is 5.43 Å². The summed E-state index contributed by atoms with van der Waals surface area (Å²) in [5.74, 6) is 0.966. The quantitative estimate of drug-likeness (QED) is 0.782. The zero-order valence-corrected chi connectivity index (χ0v) is 11.5. The highest BCUT2D eigenvalue weighted by molar-refractivity contribution is 5.15. The van der Waals surface area contributed by atoms with E-state index in [4.69, 9.17) is 0 Å². The number of rotatable bonds is 3. The lowest BCUT2D eigenvalue weighted by Gasteiger charge is -2.21. The Morgan fingerprint density at radius 1 is 1.12 bits per heavy atom. The summed E-state index contributed by atoms with van der Waals surface area (Å²) in [6, 6.07) is 5.04. The molecule has 1 heterocycles. The molecule has 2 nitrogen and oxygen atoms in total. The third kappa shape index (κ3) is 3.05. The van der Waals surface area contributed by atoms with Gasteiger partial charge in [0, 0.05) is 17.4 Å². The van der Waals surface area contributed by atoms with Crippen molar-refractivity contribution in [1.29, 1.82) is 0 Å². The molecule has 1 aliphatic rings. The minimum Gasteiger partial charge on any atom is -0.323 e. The van der Waals surface area contributed by atoms with Crippen molar-refractivity contribution >= 4 is 0 Å². The molecule has 2 rings (SSSR count). The third-order valence-electron chi connectivity index (χ3n) is 4.25. The van der Waals surface area contributed by atoms with E-state index in [1.54, 1.807) is 0 Å². The second-order valence-corrected chi connectivity index (χ2v) is 5.56. The molecule has 0 aromatic carbocycles. The third-order valence-corrected chi connectivity index (χ3v) is 4.25. The SMILES string of the molecule is CCC1CCCC(Nn2c(C)ccc2C)CC1. The molecule has 0 spiro atoms. The molecule has 1 saturated carbocycles. The van der Waals surface area contributed by atoms with Gasteiger partial charge in [0.15, 0.2) is 0 Å². The lowest BCUT2D eigenvalue weighted by molar-refractivity contribution is 0.442. The zero-order valence-electron chi connectivity index (χ0n) is 11.5. The number of aryl methyl sites for hydroxylation is 2.